The number of benzene rings is 1. The Morgan fingerprint density at radius 2 is 1.94 bits per heavy atom. The maximum atomic E-state index is 6.02. The summed E-state index contributed by atoms with van der Waals surface area (Å²) in [6.45, 7) is 11.4. The summed E-state index contributed by atoms with van der Waals surface area (Å²) in [5, 5.41) is 3.36. The summed E-state index contributed by atoms with van der Waals surface area (Å²) >= 11 is 0. The lowest BCUT2D eigenvalue weighted by molar-refractivity contribution is -0.0300. The van der Waals surface area contributed by atoms with Crippen LogP contribution in [0.25, 0.3) is 0 Å². The monoisotopic (exact) mass is 249 g/mol. The molecule has 18 heavy (non-hydrogen) atoms. The molecule has 1 aromatic rings. The predicted molar refractivity (Wildman–Crippen MR) is 78.0 cm³/mol. The summed E-state index contributed by atoms with van der Waals surface area (Å²) in [4.78, 5) is 0. The molecule has 102 valence electrons. The first-order valence-corrected chi connectivity index (χ1v) is 6.78. The van der Waals surface area contributed by atoms with Crippen molar-refractivity contribution in [3.63, 3.8) is 0 Å². The van der Waals surface area contributed by atoms with Gasteiger partial charge in [-0.15, -0.1) is 0 Å². The maximum Gasteiger partial charge on any atom is 0.0668 e. The van der Waals surface area contributed by atoms with Crippen LogP contribution in [0.15, 0.2) is 18.2 Å². The highest BCUT2D eigenvalue weighted by Gasteiger charge is 2.19. The average Bonchev–Trinajstić information content (AvgIpc) is 2.34. The van der Waals surface area contributed by atoms with E-state index >= 15 is 0 Å². The lowest BCUT2D eigenvalue weighted by Gasteiger charge is -2.28. The fourth-order valence-corrected chi connectivity index (χ4v) is 1.87. The molecule has 2 nitrogen and oxygen atoms in total. The number of hydrogen-bond acceptors (Lipinski definition) is 2. The summed E-state index contributed by atoms with van der Waals surface area (Å²) in [6, 6.07) is 6.84. The highest BCUT2D eigenvalue weighted by atomic mass is 16.5. The smallest absolute Gasteiger partial charge is 0.0668 e. The lowest BCUT2D eigenvalue weighted by Crippen LogP contribution is -2.30. The Morgan fingerprint density at radius 1 is 1.28 bits per heavy atom. The third kappa shape index (κ3) is 4.11. The van der Waals surface area contributed by atoms with Crippen molar-refractivity contribution in [2.24, 2.45) is 0 Å². The molecule has 1 atom stereocenters. The van der Waals surface area contributed by atoms with E-state index in [2.05, 4.69) is 58.1 Å². The standard InChI is InChI=1S/C16H27NO/c1-7-16(4,5)18-11-15(17-6)14-10-12(2)8-9-13(14)3/h8-10,15,17H,7,11H2,1-6H3. The Labute approximate surface area is 112 Å². The summed E-state index contributed by atoms with van der Waals surface area (Å²) in [5.41, 5.74) is 3.90. The van der Waals surface area contributed by atoms with Crippen molar-refractivity contribution in [1.29, 1.82) is 0 Å². The predicted octanol–water partition coefficient (Wildman–Crippen LogP) is 3.77. The van der Waals surface area contributed by atoms with Crippen LogP contribution in [0.2, 0.25) is 0 Å². The molecule has 0 amide bonds. The molecule has 0 aliphatic carbocycles. The molecule has 2 heteroatoms. The molecular weight excluding hydrogens is 222 g/mol. The number of hydrogen-bond donors (Lipinski definition) is 1. The number of ether oxygens (including phenoxy) is 1. The summed E-state index contributed by atoms with van der Waals surface area (Å²) in [7, 11) is 1.99. The van der Waals surface area contributed by atoms with E-state index in [0.717, 1.165) is 6.42 Å². The van der Waals surface area contributed by atoms with Crippen molar-refractivity contribution in [1.82, 2.24) is 5.32 Å². The van der Waals surface area contributed by atoms with E-state index in [4.69, 9.17) is 4.74 Å². The minimum atomic E-state index is -0.0488. The number of likely N-dealkylation sites (N-methyl/N-ethyl adjacent to an activating group) is 1. The minimum Gasteiger partial charge on any atom is -0.374 e. The van der Waals surface area contributed by atoms with Gasteiger partial charge < -0.3 is 10.1 Å². The molecule has 0 saturated carbocycles. The van der Waals surface area contributed by atoms with Gasteiger partial charge in [-0.1, -0.05) is 30.7 Å². The summed E-state index contributed by atoms with van der Waals surface area (Å²) in [6.07, 6.45) is 1.02. The van der Waals surface area contributed by atoms with E-state index in [0.29, 0.717) is 6.61 Å². The number of rotatable bonds is 6. The van der Waals surface area contributed by atoms with Gasteiger partial charge in [0.05, 0.1) is 18.2 Å². The van der Waals surface area contributed by atoms with Gasteiger partial charge in [0.1, 0.15) is 0 Å². The number of nitrogens with one attached hydrogen (secondary N) is 1. The van der Waals surface area contributed by atoms with Crippen molar-refractivity contribution in [2.75, 3.05) is 13.7 Å². The van der Waals surface area contributed by atoms with Crippen LogP contribution in [0.5, 0.6) is 0 Å². The molecule has 0 spiro atoms. The van der Waals surface area contributed by atoms with Gasteiger partial charge in [-0.2, -0.15) is 0 Å². The quantitative estimate of drug-likeness (QED) is 0.828. The van der Waals surface area contributed by atoms with Gasteiger partial charge in [0.15, 0.2) is 0 Å². The van der Waals surface area contributed by atoms with E-state index in [-0.39, 0.29) is 11.6 Å². The average molecular weight is 249 g/mol. The largest absolute Gasteiger partial charge is 0.374 e. The van der Waals surface area contributed by atoms with Gasteiger partial charge in [0.2, 0.25) is 0 Å². The molecule has 0 aliphatic heterocycles. The van der Waals surface area contributed by atoms with Crippen LogP contribution >= 0.6 is 0 Å². The second-order valence-corrected chi connectivity index (χ2v) is 5.63. The van der Waals surface area contributed by atoms with E-state index in [9.17, 15) is 0 Å². The highest BCUT2D eigenvalue weighted by Crippen LogP contribution is 2.22. The van der Waals surface area contributed by atoms with Crippen molar-refractivity contribution in [3.05, 3.63) is 34.9 Å². The second-order valence-electron chi connectivity index (χ2n) is 5.63. The van der Waals surface area contributed by atoms with Crippen molar-refractivity contribution in [3.8, 4) is 0 Å². The van der Waals surface area contributed by atoms with E-state index in [1.54, 1.807) is 0 Å². The van der Waals surface area contributed by atoms with Gasteiger partial charge in [-0.05, 0) is 52.3 Å². The van der Waals surface area contributed by atoms with Crippen LogP contribution in [0, 0.1) is 13.8 Å². The molecule has 0 fully saturated rings. The maximum absolute atomic E-state index is 6.02. The van der Waals surface area contributed by atoms with Crippen LogP contribution < -0.4 is 5.32 Å². The van der Waals surface area contributed by atoms with Crippen LogP contribution in [-0.4, -0.2) is 19.3 Å². The third-order valence-corrected chi connectivity index (χ3v) is 3.65. The second kappa shape index (κ2) is 6.35. The first kappa shape index (κ1) is 15.2. The molecule has 0 aromatic heterocycles. The molecule has 1 unspecified atom stereocenters. The topological polar surface area (TPSA) is 21.3 Å². The Balaban J connectivity index is 2.80. The fourth-order valence-electron chi connectivity index (χ4n) is 1.87. The molecule has 1 N–H and O–H groups in total. The van der Waals surface area contributed by atoms with Crippen LogP contribution in [0.3, 0.4) is 0 Å². The van der Waals surface area contributed by atoms with Crippen LogP contribution in [0.4, 0.5) is 0 Å². The molecule has 0 heterocycles. The highest BCUT2D eigenvalue weighted by molar-refractivity contribution is 5.33. The summed E-state index contributed by atoms with van der Waals surface area (Å²) < 4.78 is 6.02. The van der Waals surface area contributed by atoms with Crippen molar-refractivity contribution < 1.29 is 4.74 Å². The zero-order valence-corrected chi connectivity index (χ0v) is 12.6. The van der Waals surface area contributed by atoms with E-state index < -0.39 is 0 Å². The molecule has 0 saturated heterocycles. The zero-order chi connectivity index (χ0) is 13.8. The first-order valence-electron chi connectivity index (χ1n) is 6.78. The molecule has 0 radical (unpaired) electrons. The molecule has 1 rings (SSSR count). The van der Waals surface area contributed by atoms with Gasteiger partial charge in [0.25, 0.3) is 0 Å². The van der Waals surface area contributed by atoms with Crippen LogP contribution in [0.1, 0.15) is 49.9 Å². The third-order valence-electron chi connectivity index (χ3n) is 3.65. The Bertz CT molecular complexity index is 385. The van der Waals surface area contributed by atoms with Gasteiger partial charge >= 0.3 is 0 Å². The first-order chi connectivity index (χ1) is 8.39. The molecule has 0 aliphatic rings. The van der Waals surface area contributed by atoms with Crippen LogP contribution in [-0.2, 0) is 4.74 Å². The Morgan fingerprint density at radius 3 is 2.50 bits per heavy atom. The van der Waals surface area contributed by atoms with Crippen molar-refractivity contribution in [2.45, 2.75) is 52.7 Å². The van der Waals surface area contributed by atoms with Gasteiger partial charge in [-0.3, -0.25) is 0 Å². The lowest BCUT2D eigenvalue weighted by atomic mass is 9.99. The summed E-state index contributed by atoms with van der Waals surface area (Å²) in [5.74, 6) is 0. The van der Waals surface area contributed by atoms with E-state index in [1.165, 1.54) is 16.7 Å². The zero-order valence-electron chi connectivity index (χ0n) is 12.6. The molecule has 0 bridgehead atoms. The minimum absolute atomic E-state index is 0.0488. The Hall–Kier alpha value is -0.860. The Kier molecular flexibility index (Phi) is 5.36. The molecule has 1 aromatic carbocycles. The number of aryl methyl sites for hydroxylation is 2. The molecular formula is C16H27NO. The van der Waals surface area contributed by atoms with Gasteiger partial charge in [0, 0.05) is 0 Å². The van der Waals surface area contributed by atoms with Crippen molar-refractivity contribution >= 4 is 0 Å². The van der Waals surface area contributed by atoms with Gasteiger partial charge in [-0.25, -0.2) is 0 Å². The van der Waals surface area contributed by atoms with E-state index in [1.807, 2.05) is 7.05 Å². The normalized spacial score (nSPS) is 13.7. The fraction of sp³-hybridized carbons (Fsp3) is 0.625. The SMILES string of the molecule is CCC(C)(C)OCC(NC)c1cc(C)ccc1C.